The highest BCUT2D eigenvalue weighted by Crippen LogP contribution is 2.32. The fourth-order valence-electron chi connectivity index (χ4n) is 3.25. The van der Waals surface area contributed by atoms with Crippen LogP contribution in [0.15, 0.2) is 67.3 Å². The number of ether oxygens (including phenoxy) is 1. The Morgan fingerprint density at radius 1 is 0.964 bits per heavy atom. The van der Waals surface area contributed by atoms with Crippen LogP contribution in [0.1, 0.15) is 0 Å². The minimum absolute atomic E-state index is 0.0179. The molecule has 4 heterocycles. The highest BCUT2D eigenvalue weighted by atomic mass is 35.5. The molecule has 0 bridgehead atoms. The Balaban J connectivity index is 1.32. The maximum atomic E-state index is 6.26. The van der Waals surface area contributed by atoms with Crippen LogP contribution in [0.2, 0.25) is 5.02 Å². The smallest absolute Gasteiger partial charge is 0.241 e. The number of hydrogen-bond donors (Lipinski definition) is 0. The van der Waals surface area contributed by atoms with E-state index in [2.05, 4.69) is 32.0 Å². The summed E-state index contributed by atoms with van der Waals surface area (Å²) in [5, 5.41) is 1.65. The van der Waals surface area contributed by atoms with Gasteiger partial charge in [-0.1, -0.05) is 29.8 Å². The summed E-state index contributed by atoms with van der Waals surface area (Å²) in [6.45, 7) is 1.48. The van der Waals surface area contributed by atoms with Gasteiger partial charge in [0.2, 0.25) is 5.88 Å². The molecule has 0 amide bonds. The summed E-state index contributed by atoms with van der Waals surface area (Å²) >= 11 is 6.26. The van der Waals surface area contributed by atoms with Gasteiger partial charge in [-0.25, -0.2) is 15.0 Å². The van der Waals surface area contributed by atoms with Gasteiger partial charge in [0.25, 0.3) is 0 Å². The molecule has 1 aliphatic rings. The first kappa shape index (κ1) is 16.9. The first-order valence-corrected chi connectivity index (χ1v) is 9.34. The van der Waals surface area contributed by atoms with Gasteiger partial charge in [0, 0.05) is 35.7 Å². The lowest BCUT2D eigenvalue weighted by Gasteiger charge is -2.39. The lowest BCUT2D eigenvalue weighted by atomic mass is 10.1. The third-order valence-corrected chi connectivity index (χ3v) is 5.03. The highest BCUT2D eigenvalue weighted by molar-refractivity contribution is 6.33. The number of para-hydroxylation sites is 1. The van der Waals surface area contributed by atoms with E-state index in [-0.39, 0.29) is 6.10 Å². The maximum absolute atomic E-state index is 6.26. The predicted octanol–water partition coefficient (Wildman–Crippen LogP) is 4.01. The van der Waals surface area contributed by atoms with E-state index in [0.29, 0.717) is 16.6 Å². The van der Waals surface area contributed by atoms with Crippen molar-refractivity contribution in [2.45, 2.75) is 6.10 Å². The largest absolute Gasteiger partial charge is 0.469 e. The number of nitrogens with zero attached hydrogens (tertiary/aromatic N) is 5. The summed E-state index contributed by atoms with van der Waals surface area (Å²) in [5.74, 6) is 1.43. The molecular weight excluding hydrogens is 374 g/mol. The third-order valence-electron chi connectivity index (χ3n) is 4.73. The van der Waals surface area contributed by atoms with Crippen LogP contribution in [0.3, 0.4) is 0 Å². The van der Waals surface area contributed by atoms with Gasteiger partial charge in [0.15, 0.2) is 0 Å². The number of anilines is 1. The van der Waals surface area contributed by atoms with Gasteiger partial charge in [0.1, 0.15) is 17.6 Å². The lowest BCUT2D eigenvalue weighted by molar-refractivity contribution is 0.160. The number of aromatic nitrogens is 4. The zero-order valence-electron chi connectivity index (χ0n) is 14.9. The number of benzene rings is 1. The van der Waals surface area contributed by atoms with Crippen molar-refractivity contribution in [1.29, 1.82) is 0 Å². The average molecular weight is 390 g/mol. The molecule has 1 fully saturated rings. The van der Waals surface area contributed by atoms with Crippen LogP contribution in [0.5, 0.6) is 5.88 Å². The van der Waals surface area contributed by atoms with E-state index in [0.717, 1.165) is 35.4 Å². The molecule has 0 N–H and O–H groups in total. The fourth-order valence-corrected chi connectivity index (χ4v) is 3.46. The first-order chi connectivity index (χ1) is 13.8. The Labute approximate surface area is 166 Å². The average Bonchev–Trinajstić information content (AvgIpc) is 2.71. The van der Waals surface area contributed by atoms with Crippen LogP contribution >= 0.6 is 11.6 Å². The Morgan fingerprint density at radius 3 is 2.71 bits per heavy atom. The number of fused-ring (bicyclic) bond motifs is 1. The van der Waals surface area contributed by atoms with E-state index < -0.39 is 0 Å². The molecule has 1 saturated heterocycles. The second kappa shape index (κ2) is 7.05. The van der Waals surface area contributed by atoms with Gasteiger partial charge in [-0.3, -0.25) is 4.98 Å². The standard InChI is InChI=1S/C21H16ClN5O/c22-17-11-23-8-7-16(17)20-21(25-10-9-24-20)28-15-12-27(13-15)19-6-5-14-3-1-2-4-18(14)26-19/h1-11,15H,12-13H2. The Kier molecular flexibility index (Phi) is 4.25. The molecule has 3 aromatic heterocycles. The van der Waals surface area contributed by atoms with Gasteiger partial charge in [-0.15, -0.1) is 0 Å². The van der Waals surface area contributed by atoms with Crippen molar-refractivity contribution >= 4 is 28.3 Å². The Morgan fingerprint density at radius 2 is 1.82 bits per heavy atom. The number of pyridine rings is 2. The molecule has 4 aromatic rings. The van der Waals surface area contributed by atoms with Crippen LogP contribution in [-0.2, 0) is 0 Å². The Bertz CT molecular complexity index is 1150. The van der Waals surface area contributed by atoms with Crippen LogP contribution in [-0.4, -0.2) is 39.1 Å². The highest BCUT2D eigenvalue weighted by Gasteiger charge is 2.31. The summed E-state index contributed by atoms with van der Waals surface area (Å²) in [7, 11) is 0. The molecule has 0 saturated carbocycles. The van der Waals surface area contributed by atoms with Crippen LogP contribution < -0.4 is 9.64 Å². The zero-order chi connectivity index (χ0) is 18.9. The molecule has 0 radical (unpaired) electrons. The molecule has 1 aromatic carbocycles. The van der Waals surface area contributed by atoms with Crippen molar-refractivity contribution in [3.8, 4) is 17.1 Å². The molecule has 5 rings (SSSR count). The van der Waals surface area contributed by atoms with Crippen molar-refractivity contribution < 1.29 is 4.74 Å². The molecule has 7 heteroatoms. The first-order valence-electron chi connectivity index (χ1n) is 8.96. The SMILES string of the molecule is Clc1cnccc1-c1nccnc1OC1CN(c2ccc3ccccc3n2)C1. The van der Waals surface area contributed by atoms with E-state index >= 15 is 0 Å². The minimum atomic E-state index is 0.0179. The van der Waals surface area contributed by atoms with Gasteiger partial charge >= 0.3 is 0 Å². The Hall–Kier alpha value is -3.25. The summed E-state index contributed by atoms with van der Waals surface area (Å²) in [6.07, 6.45) is 6.53. The van der Waals surface area contributed by atoms with Crippen molar-refractivity contribution in [3.63, 3.8) is 0 Å². The molecular formula is C21H16ClN5O. The molecule has 0 unspecified atom stereocenters. The molecule has 0 aliphatic carbocycles. The normalized spacial score (nSPS) is 14.1. The number of halogens is 1. The van der Waals surface area contributed by atoms with Crippen molar-refractivity contribution in [3.05, 3.63) is 72.3 Å². The molecule has 0 atom stereocenters. The third kappa shape index (κ3) is 3.12. The fraction of sp³-hybridized carbons (Fsp3) is 0.143. The molecule has 6 nitrogen and oxygen atoms in total. The predicted molar refractivity (Wildman–Crippen MR) is 109 cm³/mol. The van der Waals surface area contributed by atoms with Crippen molar-refractivity contribution in [2.75, 3.05) is 18.0 Å². The van der Waals surface area contributed by atoms with Gasteiger partial charge < -0.3 is 9.64 Å². The van der Waals surface area contributed by atoms with E-state index in [4.69, 9.17) is 21.3 Å². The zero-order valence-corrected chi connectivity index (χ0v) is 15.6. The summed E-state index contributed by atoms with van der Waals surface area (Å²) in [6, 6.07) is 14.1. The molecule has 0 spiro atoms. The van der Waals surface area contributed by atoms with Crippen LogP contribution in [0, 0.1) is 0 Å². The lowest BCUT2D eigenvalue weighted by Crippen LogP contribution is -2.54. The quantitative estimate of drug-likeness (QED) is 0.525. The van der Waals surface area contributed by atoms with E-state index in [1.165, 1.54) is 0 Å². The summed E-state index contributed by atoms with van der Waals surface area (Å²) in [5.41, 5.74) is 2.37. The van der Waals surface area contributed by atoms with E-state index in [1.807, 2.05) is 30.3 Å². The summed E-state index contributed by atoms with van der Waals surface area (Å²) < 4.78 is 6.11. The number of rotatable bonds is 4. The van der Waals surface area contributed by atoms with Crippen molar-refractivity contribution in [1.82, 2.24) is 19.9 Å². The van der Waals surface area contributed by atoms with Gasteiger partial charge in [-0.05, 0) is 24.3 Å². The summed E-state index contributed by atoms with van der Waals surface area (Å²) in [4.78, 5) is 19.7. The monoisotopic (exact) mass is 389 g/mol. The van der Waals surface area contributed by atoms with E-state index in [9.17, 15) is 0 Å². The second-order valence-electron chi connectivity index (χ2n) is 6.57. The van der Waals surface area contributed by atoms with Crippen molar-refractivity contribution in [2.24, 2.45) is 0 Å². The van der Waals surface area contributed by atoms with Crippen LogP contribution in [0.4, 0.5) is 5.82 Å². The van der Waals surface area contributed by atoms with Crippen LogP contribution in [0.25, 0.3) is 22.2 Å². The molecule has 1 aliphatic heterocycles. The van der Waals surface area contributed by atoms with Gasteiger partial charge in [-0.2, -0.15) is 0 Å². The molecule has 138 valence electrons. The minimum Gasteiger partial charge on any atom is -0.469 e. The molecule has 28 heavy (non-hydrogen) atoms. The number of hydrogen-bond acceptors (Lipinski definition) is 6. The van der Waals surface area contributed by atoms with Gasteiger partial charge in [0.05, 0.1) is 23.6 Å². The van der Waals surface area contributed by atoms with E-state index in [1.54, 1.807) is 24.8 Å². The second-order valence-corrected chi connectivity index (χ2v) is 6.98. The topological polar surface area (TPSA) is 64.0 Å². The maximum Gasteiger partial charge on any atom is 0.241 e.